The zero-order chi connectivity index (χ0) is 14.7. The molecule has 1 N–H and O–H groups in total. The van der Waals surface area contributed by atoms with Crippen LogP contribution < -0.4 is 5.32 Å². The Kier molecular flexibility index (Phi) is 4.16. The second kappa shape index (κ2) is 5.85. The van der Waals surface area contributed by atoms with Gasteiger partial charge in [0.05, 0.1) is 6.04 Å². The first kappa shape index (κ1) is 14.2. The van der Waals surface area contributed by atoms with E-state index in [2.05, 4.69) is 20.4 Å². The first-order valence-electron chi connectivity index (χ1n) is 6.60. The maximum atomic E-state index is 12.2. The Bertz CT molecular complexity index is 585. The minimum absolute atomic E-state index is 0.0622. The minimum atomic E-state index is -0.154. The van der Waals surface area contributed by atoms with Crippen LogP contribution in [0.15, 0.2) is 18.7 Å². The molecule has 0 spiro atoms. The van der Waals surface area contributed by atoms with E-state index in [1.54, 1.807) is 17.1 Å². The first-order chi connectivity index (χ1) is 9.49. The van der Waals surface area contributed by atoms with Crippen LogP contribution in [0.3, 0.4) is 0 Å². The van der Waals surface area contributed by atoms with Crippen LogP contribution in [-0.2, 0) is 18.4 Å². The smallest absolute Gasteiger partial charge is 0.240 e. The summed E-state index contributed by atoms with van der Waals surface area (Å²) in [5.41, 5.74) is 0. The largest absolute Gasteiger partial charge is 0.344 e. The molecule has 108 valence electrons. The van der Waals surface area contributed by atoms with Gasteiger partial charge in [0.25, 0.3) is 0 Å². The second-order valence-corrected chi connectivity index (χ2v) is 5.13. The summed E-state index contributed by atoms with van der Waals surface area (Å²) in [6.07, 6.45) is 4.98. The monoisotopic (exact) mass is 276 g/mol. The highest BCUT2D eigenvalue weighted by molar-refractivity contribution is 5.76. The lowest BCUT2D eigenvalue weighted by atomic mass is 10.0. The van der Waals surface area contributed by atoms with Crippen molar-refractivity contribution < 1.29 is 4.79 Å². The highest BCUT2D eigenvalue weighted by Gasteiger charge is 2.22. The third-order valence-corrected chi connectivity index (χ3v) is 3.25. The molecule has 20 heavy (non-hydrogen) atoms. The Morgan fingerprint density at radius 2 is 2.15 bits per heavy atom. The van der Waals surface area contributed by atoms with E-state index < -0.39 is 0 Å². The molecule has 0 aliphatic rings. The summed E-state index contributed by atoms with van der Waals surface area (Å²) in [4.78, 5) is 20.5. The Balaban J connectivity index is 2.08. The normalized spacial score (nSPS) is 12.7. The van der Waals surface area contributed by atoms with Crippen LogP contribution in [0.4, 0.5) is 0 Å². The van der Waals surface area contributed by atoms with E-state index in [9.17, 15) is 4.79 Å². The standard InChI is InChI=1S/C13H20N6O/c1-9(2)12(13-15-8-16-18(13)4)17-11(20)7-19-6-5-14-10(19)3/h5-6,8-9,12H,7H2,1-4H3,(H,17,20). The SMILES string of the molecule is Cc1nccn1CC(=O)NC(c1ncnn1C)C(C)C. The molecule has 1 amide bonds. The fraction of sp³-hybridized carbons (Fsp3) is 0.538. The average Bonchev–Trinajstić information content (AvgIpc) is 2.96. The van der Waals surface area contributed by atoms with Crippen LogP contribution >= 0.6 is 0 Å². The van der Waals surface area contributed by atoms with Crippen molar-refractivity contribution in [2.75, 3.05) is 0 Å². The number of imidazole rings is 1. The maximum Gasteiger partial charge on any atom is 0.240 e. The van der Waals surface area contributed by atoms with Gasteiger partial charge in [-0.25, -0.2) is 9.97 Å². The van der Waals surface area contributed by atoms with Crippen LogP contribution in [0.2, 0.25) is 0 Å². The van der Waals surface area contributed by atoms with Crippen LogP contribution in [0, 0.1) is 12.8 Å². The molecule has 0 fully saturated rings. The van der Waals surface area contributed by atoms with Gasteiger partial charge in [-0.15, -0.1) is 0 Å². The topological polar surface area (TPSA) is 77.6 Å². The molecule has 0 aliphatic carbocycles. The number of rotatable bonds is 5. The molecule has 0 radical (unpaired) electrons. The van der Waals surface area contributed by atoms with Gasteiger partial charge in [0, 0.05) is 19.4 Å². The fourth-order valence-corrected chi connectivity index (χ4v) is 2.06. The molecule has 0 saturated carbocycles. The van der Waals surface area contributed by atoms with Crippen molar-refractivity contribution in [2.24, 2.45) is 13.0 Å². The van der Waals surface area contributed by atoms with E-state index in [1.807, 2.05) is 32.4 Å². The summed E-state index contributed by atoms with van der Waals surface area (Å²) in [6.45, 7) is 6.22. The number of carbonyl (C=O) groups is 1. The molecule has 7 heteroatoms. The lowest BCUT2D eigenvalue weighted by molar-refractivity contribution is -0.122. The molecule has 2 aromatic rings. The van der Waals surface area contributed by atoms with Gasteiger partial charge in [-0.3, -0.25) is 9.48 Å². The van der Waals surface area contributed by atoms with E-state index >= 15 is 0 Å². The highest BCUT2D eigenvalue weighted by Crippen LogP contribution is 2.18. The molecule has 1 unspecified atom stereocenters. The summed E-state index contributed by atoms with van der Waals surface area (Å²) in [6, 6.07) is -0.154. The van der Waals surface area contributed by atoms with Crippen molar-refractivity contribution in [1.82, 2.24) is 29.6 Å². The van der Waals surface area contributed by atoms with E-state index in [-0.39, 0.29) is 24.4 Å². The molecule has 1 atom stereocenters. The van der Waals surface area contributed by atoms with Gasteiger partial charge in [0.15, 0.2) is 0 Å². The molecule has 0 aromatic carbocycles. The predicted molar refractivity (Wildman–Crippen MR) is 73.7 cm³/mol. The molecule has 0 aliphatic heterocycles. The molecule has 2 heterocycles. The number of amides is 1. The molecule has 0 saturated heterocycles. The van der Waals surface area contributed by atoms with Crippen molar-refractivity contribution in [3.63, 3.8) is 0 Å². The lowest BCUT2D eigenvalue weighted by Crippen LogP contribution is -2.35. The number of aryl methyl sites for hydroxylation is 2. The summed E-state index contributed by atoms with van der Waals surface area (Å²) < 4.78 is 3.50. The molecule has 0 bridgehead atoms. The Morgan fingerprint density at radius 1 is 1.40 bits per heavy atom. The molecular formula is C13H20N6O. The Hall–Kier alpha value is -2.18. The molecule has 7 nitrogen and oxygen atoms in total. The summed E-state index contributed by atoms with van der Waals surface area (Å²) in [5.74, 6) is 1.74. The van der Waals surface area contributed by atoms with E-state index in [0.717, 1.165) is 11.6 Å². The fourth-order valence-electron chi connectivity index (χ4n) is 2.06. The highest BCUT2D eigenvalue weighted by atomic mass is 16.2. The van der Waals surface area contributed by atoms with Gasteiger partial charge in [-0.1, -0.05) is 13.8 Å². The predicted octanol–water partition coefficient (Wildman–Crippen LogP) is 0.834. The van der Waals surface area contributed by atoms with Gasteiger partial charge in [0.1, 0.15) is 24.5 Å². The summed E-state index contributed by atoms with van der Waals surface area (Å²) >= 11 is 0. The zero-order valence-corrected chi connectivity index (χ0v) is 12.2. The number of hydrogen-bond acceptors (Lipinski definition) is 4. The van der Waals surface area contributed by atoms with E-state index in [4.69, 9.17) is 0 Å². The number of aromatic nitrogens is 5. The van der Waals surface area contributed by atoms with Gasteiger partial charge < -0.3 is 9.88 Å². The van der Waals surface area contributed by atoms with E-state index in [0.29, 0.717) is 0 Å². The second-order valence-electron chi connectivity index (χ2n) is 5.13. The third-order valence-electron chi connectivity index (χ3n) is 3.25. The zero-order valence-electron chi connectivity index (χ0n) is 12.2. The van der Waals surface area contributed by atoms with Crippen LogP contribution in [0.25, 0.3) is 0 Å². The average molecular weight is 276 g/mol. The Morgan fingerprint density at radius 3 is 2.65 bits per heavy atom. The van der Waals surface area contributed by atoms with Crippen molar-refractivity contribution in [3.05, 3.63) is 30.4 Å². The van der Waals surface area contributed by atoms with E-state index in [1.165, 1.54) is 6.33 Å². The molecule has 2 aromatic heterocycles. The number of nitrogens with zero attached hydrogens (tertiary/aromatic N) is 5. The van der Waals surface area contributed by atoms with Crippen LogP contribution in [0.5, 0.6) is 0 Å². The van der Waals surface area contributed by atoms with Gasteiger partial charge in [-0.2, -0.15) is 5.10 Å². The molecular weight excluding hydrogens is 256 g/mol. The summed E-state index contributed by atoms with van der Waals surface area (Å²) in [7, 11) is 1.82. The first-order valence-corrected chi connectivity index (χ1v) is 6.60. The van der Waals surface area contributed by atoms with Crippen molar-refractivity contribution in [2.45, 2.75) is 33.4 Å². The summed E-state index contributed by atoms with van der Waals surface area (Å²) in [5, 5.41) is 7.07. The quantitative estimate of drug-likeness (QED) is 0.877. The number of carbonyl (C=O) groups excluding carboxylic acids is 1. The van der Waals surface area contributed by atoms with Gasteiger partial charge in [-0.05, 0) is 12.8 Å². The van der Waals surface area contributed by atoms with Crippen LogP contribution in [0.1, 0.15) is 31.5 Å². The molecule has 2 rings (SSSR count). The van der Waals surface area contributed by atoms with Crippen LogP contribution in [-0.4, -0.2) is 30.2 Å². The third kappa shape index (κ3) is 3.04. The van der Waals surface area contributed by atoms with Gasteiger partial charge in [0.2, 0.25) is 5.91 Å². The Labute approximate surface area is 118 Å². The van der Waals surface area contributed by atoms with Gasteiger partial charge >= 0.3 is 0 Å². The minimum Gasteiger partial charge on any atom is -0.344 e. The lowest BCUT2D eigenvalue weighted by Gasteiger charge is -2.21. The van der Waals surface area contributed by atoms with Crippen molar-refractivity contribution in [1.29, 1.82) is 0 Å². The number of nitrogens with one attached hydrogen (secondary N) is 1. The maximum absolute atomic E-state index is 12.2. The van der Waals surface area contributed by atoms with Crippen molar-refractivity contribution >= 4 is 5.91 Å². The number of hydrogen-bond donors (Lipinski definition) is 1. The van der Waals surface area contributed by atoms with Crippen molar-refractivity contribution in [3.8, 4) is 0 Å².